The van der Waals surface area contributed by atoms with Gasteiger partial charge in [-0.05, 0) is 29.8 Å². The number of nitrogens with zero attached hydrogens (tertiary/aromatic N) is 1. The molecule has 1 aliphatic rings. The van der Waals surface area contributed by atoms with Gasteiger partial charge in [0.05, 0.1) is 6.54 Å². The van der Waals surface area contributed by atoms with E-state index < -0.39 is 24.6 Å². The third kappa shape index (κ3) is 3.43. The maximum absolute atomic E-state index is 12.9. The van der Waals surface area contributed by atoms with Gasteiger partial charge in [0.25, 0.3) is 5.91 Å². The van der Waals surface area contributed by atoms with Crippen LogP contribution in [0.25, 0.3) is 10.4 Å². The van der Waals surface area contributed by atoms with Crippen LogP contribution in [0.5, 0.6) is 0 Å². The van der Waals surface area contributed by atoms with Gasteiger partial charge in [0.15, 0.2) is 6.61 Å². The number of thiophene rings is 1. The van der Waals surface area contributed by atoms with Crippen molar-refractivity contribution in [3.05, 3.63) is 47.1 Å². The zero-order valence-electron chi connectivity index (χ0n) is 12.4. The number of cyclic esters (lactones) is 1. The van der Waals surface area contributed by atoms with Crippen molar-refractivity contribution in [3.63, 3.8) is 0 Å². The van der Waals surface area contributed by atoms with Crippen LogP contribution in [0.2, 0.25) is 0 Å². The van der Waals surface area contributed by atoms with Crippen LogP contribution in [-0.2, 0) is 14.3 Å². The second-order valence-electron chi connectivity index (χ2n) is 4.91. The average Bonchev–Trinajstić information content (AvgIpc) is 3.22. The van der Waals surface area contributed by atoms with Crippen molar-refractivity contribution in [2.45, 2.75) is 0 Å². The molecular formula is C16H12FNO5S. The summed E-state index contributed by atoms with van der Waals surface area (Å²) in [6, 6.07) is 9.17. The zero-order valence-corrected chi connectivity index (χ0v) is 13.2. The molecule has 0 aliphatic carbocycles. The molecule has 2 aromatic rings. The lowest BCUT2D eigenvalue weighted by atomic mass is 10.2. The van der Waals surface area contributed by atoms with E-state index in [1.807, 2.05) is 0 Å². The van der Waals surface area contributed by atoms with Gasteiger partial charge in [0.1, 0.15) is 17.3 Å². The number of hydrogen-bond acceptors (Lipinski definition) is 6. The SMILES string of the molecule is O=C(OCC(=O)N1CCOC1=O)c1ccc(-c2ccc(F)cc2)s1. The summed E-state index contributed by atoms with van der Waals surface area (Å²) in [6.07, 6.45) is -0.731. The van der Waals surface area contributed by atoms with E-state index in [0.717, 1.165) is 15.3 Å². The van der Waals surface area contributed by atoms with Crippen molar-refractivity contribution >= 4 is 29.3 Å². The Hall–Kier alpha value is -2.74. The van der Waals surface area contributed by atoms with E-state index in [-0.39, 0.29) is 19.0 Å². The minimum atomic E-state index is -0.731. The molecule has 124 valence electrons. The lowest BCUT2D eigenvalue weighted by Crippen LogP contribution is -2.35. The molecule has 24 heavy (non-hydrogen) atoms. The summed E-state index contributed by atoms with van der Waals surface area (Å²) in [6.45, 7) is -0.231. The molecule has 0 N–H and O–H groups in total. The van der Waals surface area contributed by atoms with Gasteiger partial charge >= 0.3 is 12.1 Å². The van der Waals surface area contributed by atoms with Crippen LogP contribution < -0.4 is 0 Å². The van der Waals surface area contributed by atoms with Gasteiger partial charge in [-0.15, -0.1) is 11.3 Å². The largest absolute Gasteiger partial charge is 0.451 e. The number of carbonyl (C=O) groups is 3. The summed E-state index contributed by atoms with van der Waals surface area (Å²) < 4.78 is 22.5. The second kappa shape index (κ2) is 6.79. The fourth-order valence-corrected chi connectivity index (χ4v) is 3.02. The first-order valence-corrected chi connectivity index (χ1v) is 7.86. The fraction of sp³-hybridized carbons (Fsp3) is 0.188. The topological polar surface area (TPSA) is 72.9 Å². The highest BCUT2D eigenvalue weighted by Crippen LogP contribution is 2.28. The Bertz CT molecular complexity index is 786. The molecule has 1 saturated heterocycles. The summed E-state index contributed by atoms with van der Waals surface area (Å²) in [5.74, 6) is -1.62. The van der Waals surface area contributed by atoms with Crippen LogP contribution in [0.3, 0.4) is 0 Å². The highest BCUT2D eigenvalue weighted by Gasteiger charge is 2.29. The minimum Gasteiger partial charge on any atom is -0.451 e. The lowest BCUT2D eigenvalue weighted by Gasteiger charge is -2.10. The van der Waals surface area contributed by atoms with E-state index in [1.54, 1.807) is 24.3 Å². The standard InChI is InChI=1S/C16H12FNO5S/c17-11-3-1-10(2-4-11)12-5-6-13(24-12)15(20)23-9-14(19)18-7-8-22-16(18)21/h1-6H,7-9H2. The van der Waals surface area contributed by atoms with Gasteiger partial charge in [0, 0.05) is 4.88 Å². The zero-order chi connectivity index (χ0) is 17.1. The van der Waals surface area contributed by atoms with Crippen LogP contribution >= 0.6 is 11.3 Å². The number of imide groups is 1. The molecule has 0 radical (unpaired) electrons. The summed E-state index contributed by atoms with van der Waals surface area (Å²) in [5, 5.41) is 0. The molecule has 1 aromatic carbocycles. The molecule has 2 heterocycles. The minimum absolute atomic E-state index is 0.143. The van der Waals surface area contributed by atoms with Crippen molar-refractivity contribution in [1.29, 1.82) is 0 Å². The summed E-state index contributed by atoms with van der Waals surface area (Å²) in [7, 11) is 0. The van der Waals surface area contributed by atoms with Crippen molar-refractivity contribution < 1.29 is 28.2 Å². The normalized spacial score (nSPS) is 13.7. The molecule has 0 unspecified atom stereocenters. The van der Waals surface area contributed by atoms with E-state index in [0.29, 0.717) is 4.88 Å². The summed E-state index contributed by atoms with van der Waals surface area (Å²) >= 11 is 1.17. The Balaban J connectivity index is 1.60. The Kier molecular flexibility index (Phi) is 4.57. The monoisotopic (exact) mass is 349 g/mol. The van der Waals surface area contributed by atoms with Crippen LogP contribution in [0.1, 0.15) is 9.67 Å². The molecule has 2 amide bonds. The molecule has 1 fully saturated rings. The summed E-state index contributed by atoms with van der Waals surface area (Å²) in [5.41, 5.74) is 0.774. The first-order chi connectivity index (χ1) is 11.5. The van der Waals surface area contributed by atoms with Crippen molar-refractivity contribution in [3.8, 4) is 10.4 Å². The molecule has 1 aliphatic heterocycles. The van der Waals surface area contributed by atoms with Gasteiger partial charge < -0.3 is 9.47 Å². The number of amides is 2. The number of esters is 1. The van der Waals surface area contributed by atoms with Gasteiger partial charge in [-0.25, -0.2) is 18.9 Å². The van der Waals surface area contributed by atoms with E-state index >= 15 is 0 Å². The van der Waals surface area contributed by atoms with E-state index in [1.165, 1.54) is 23.5 Å². The number of rotatable bonds is 4. The highest BCUT2D eigenvalue weighted by atomic mass is 32.1. The predicted octanol–water partition coefficient (Wildman–Crippen LogP) is 2.69. The Morgan fingerprint density at radius 2 is 1.96 bits per heavy atom. The first kappa shape index (κ1) is 16.1. The Morgan fingerprint density at radius 3 is 2.62 bits per heavy atom. The lowest BCUT2D eigenvalue weighted by molar-refractivity contribution is -0.131. The highest BCUT2D eigenvalue weighted by molar-refractivity contribution is 7.17. The van der Waals surface area contributed by atoms with Crippen molar-refractivity contribution in [2.24, 2.45) is 0 Å². The van der Waals surface area contributed by atoms with Gasteiger partial charge in [-0.2, -0.15) is 0 Å². The average molecular weight is 349 g/mol. The molecule has 0 atom stereocenters. The van der Waals surface area contributed by atoms with E-state index in [4.69, 9.17) is 4.74 Å². The van der Waals surface area contributed by atoms with Crippen LogP contribution in [0.15, 0.2) is 36.4 Å². The number of hydrogen-bond donors (Lipinski definition) is 0. The van der Waals surface area contributed by atoms with Crippen molar-refractivity contribution in [1.82, 2.24) is 4.90 Å². The third-order valence-corrected chi connectivity index (χ3v) is 4.44. The first-order valence-electron chi connectivity index (χ1n) is 7.04. The fourth-order valence-electron chi connectivity index (χ4n) is 2.11. The molecular weight excluding hydrogens is 337 g/mol. The second-order valence-corrected chi connectivity index (χ2v) is 5.99. The molecule has 0 bridgehead atoms. The molecule has 1 aromatic heterocycles. The quantitative estimate of drug-likeness (QED) is 0.794. The molecule has 8 heteroatoms. The number of carbonyl (C=O) groups excluding carboxylic acids is 3. The van der Waals surface area contributed by atoms with E-state index in [2.05, 4.69) is 4.74 Å². The third-order valence-electron chi connectivity index (χ3n) is 3.32. The molecule has 0 saturated carbocycles. The number of ether oxygens (including phenoxy) is 2. The van der Waals surface area contributed by atoms with Crippen LogP contribution in [0, 0.1) is 5.82 Å². The molecule has 6 nitrogen and oxygen atoms in total. The maximum Gasteiger partial charge on any atom is 0.416 e. The summed E-state index contributed by atoms with van der Waals surface area (Å²) in [4.78, 5) is 37.0. The Morgan fingerprint density at radius 1 is 1.21 bits per heavy atom. The predicted molar refractivity (Wildman–Crippen MR) is 83.1 cm³/mol. The molecule has 0 spiro atoms. The van der Waals surface area contributed by atoms with Gasteiger partial charge in [-0.3, -0.25) is 4.79 Å². The van der Waals surface area contributed by atoms with E-state index in [9.17, 15) is 18.8 Å². The maximum atomic E-state index is 12.9. The smallest absolute Gasteiger partial charge is 0.416 e. The number of benzene rings is 1. The van der Waals surface area contributed by atoms with Crippen LogP contribution in [0.4, 0.5) is 9.18 Å². The Labute approximate surface area is 140 Å². The van der Waals surface area contributed by atoms with Crippen LogP contribution in [-0.4, -0.2) is 42.6 Å². The molecule has 3 rings (SSSR count). The number of halogens is 1. The van der Waals surface area contributed by atoms with Gasteiger partial charge in [0.2, 0.25) is 0 Å². The van der Waals surface area contributed by atoms with Crippen molar-refractivity contribution in [2.75, 3.05) is 19.8 Å². The van der Waals surface area contributed by atoms with Gasteiger partial charge in [-0.1, -0.05) is 12.1 Å².